The molecular weight excluding hydrogens is 721 g/mol. The molecule has 310 valence electrons. The molecule has 0 N–H and O–H groups in total. The van der Waals surface area contributed by atoms with Gasteiger partial charge in [0.15, 0.2) is 0 Å². The molecule has 3 aromatic rings. The van der Waals surface area contributed by atoms with E-state index in [4.69, 9.17) is 28.4 Å². The molecule has 0 fully saturated rings. The Morgan fingerprint density at radius 1 is 0.544 bits per heavy atom. The zero-order valence-electron chi connectivity index (χ0n) is 34.1. The molecule has 0 heterocycles. The first-order valence-electron chi connectivity index (χ1n) is 21.0. The fraction of sp³-hybridized carbons (Fsp3) is 0.479. The second kappa shape index (κ2) is 29.2. The maximum absolute atomic E-state index is 12.8. The zero-order valence-corrected chi connectivity index (χ0v) is 34.1. The zero-order chi connectivity index (χ0) is 40.8. The summed E-state index contributed by atoms with van der Waals surface area (Å²) in [6.07, 6.45) is 21.9. The third-order valence-electron chi connectivity index (χ3n) is 9.40. The Morgan fingerprint density at radius 2 is 1.04 bits per heavy atom. The van der Waals surface area contributed by atoms with E-state index in [1.165, 1.54) is 70.3 Å². The standard InChI is InChI=1S/C48H64O9/c1-4-7-8-9-10-14-17-20-23-47(57-46(50)6-3)55-43-28-24-39(25-29-43)38-54-42-32-34-44(35-33-42)56-48(51)40-26-30-41(31-27-40)52-36-21-18-15-12-11-13-16-19-22-37-53-45(49)5-2/h5-6,24-35,47H,2-4,7-23,36-38H2,1H3. The number of esters is 3. The van der Waals surface area contributed by atoms with Gasteiger partial charge in [-0.2, -0.15) is 0 Å². The maximum Gasteiger partial charge on any atom is 0.343 e. The lowest BCUT2D eigenvalue weighted by Crippen LogP contribution is -2.23. The average molecular weight is 785 g/mol. The summed E-state index contributed by atoms with van der Waals surface area (Å²) in [4.78, 5) is 35.7. The van der Waals surface area contributed by atoms with Crippen molar-refractivity contribution in [2.75, 3.05) is 13.2 Å². The molecular formula is C48H64O9. The lowest BCUT2D eigenvalue weighted by atomic mass is 10.1. The number of hydrogen-bond acceptors (Lipinski definition) is 9. The first kappa shape index (κ1) is 46.3. The van der Waals surface area contributed by atoms with Crippen LogP contribution in [0.25, 0.3) is 0 Å². The first-order valence-corrected chi connectivity index (χ1v) is 21.0. The topological polar surface area (TPSA) is 107 Å². The summed E-state index contributed by atoms with van der Waals surface area (Å²) in [7, 11) is 0. The normalized spacial score (nSPS) is 11.2. The molecule has 0 saturated carbocycles. The predicted molar refractivity (Wildman–Crippen MR) is 225 cm³/mol. The van der Waals surface area contributed by atoms with Gasteiger partial charge in [0.2, 0.25) is 6.29 Å². The molecule has 0 saturated heterocycles. The van der Waals surface area contributed by atoms with Crippen LogP contribution >= 0.6 is 0 Å². The number of unbranched alkanes of at least 4 members (excludes halogenated alkanes) is 15. The maximum atomic E-state index is 12.8. The van der Waals surface area contributed by atoms with Gasteiger partial charge in [-0.25, -0.2) is 14.4 Å². The van der Waals surface area contributed by atoms with Crippen molar-refractivity contribution in [3.05, 3.63) is 109 Å². The van der Waals surface area contributed by atoms with E-state index in [-0.39, 0.29) is 5.97 Å². The largest absolute Gasteiger partial charge is 0.494 e. The molecule has 3 aromatic carbocycles. The van der Waals surface area contributed by atoms with Crippen LogP contribution in [0.1, 0.15) is 138 Å². The minimum absolute atomic E-state index is 0.335. The summed E-state index contributed by atoms with van der Waals surface area (Å²) in [5.74, 6) is 1.08. The van der Waals surface area contributed by atoms with Crippen LogP contribution in [0.2, 0.25) is 0 Å². The highest BCUT2D eigenvalue weighted by atomic mass is 16.7. The lowest BCUT2D eigenvalue weighted by molar-refractivity contribution is -0.158. The predicted octanol–water partition coefficient (Wildman–Crippen LogP) is 12.1. The highest BCUT2D eigenvalue weighted by molar-refractivity contribution is 5.91. The highest BCUT2D eigenvalue weighted by Gasteiger charge is 2.15. The van der Waals surface area contributed by atoms with E-state index in [0.717, 1.165) is 62.3 Å². The van der Waals surface area contributed by atoms with Crippen LogP contribution in [-0.4, -0.2) is 37.4 Å². The van der Waals surface area contributed by atoms with E-state index in [1.54, 1.807) is 48.5 Å². The van der Waals surface area contributed by atoms with Gasteiger partial charge in [0.1, 0.15) is 29.6 Å². The minimum Gasteiger partial charge on any atom is -0.494 e. The van der Waals surface area contributed by atoms with E-state index < -0.39 is 18.2 Å². The van der Waals surface area contributed by atoms with E-state index >= 15 is 0 Å². The van der Waals surface area contributed by atoms with Gasteiger partial charge in [-0.05, 0) is 85.5 Å². The van der Waals surface area contributed by atoms with E-state index in [1.807, 2.05) is 24.3 Å². The molecule has 57 heavy (non-hydrogen) atoms. The average Bonchev–Trinajstić information content (AvgIpc) is 3.23. The lowest BCUT2D eigenvalue weighted by Gasteiger charge is -2.19. The van der Waals surface area contributed by atoms with Crippen LogP contribution in [-0.2, 0) is 25.7 Å². The van der Waals surface area contributed by atoms with Crippen molar-refractivity contribution >= 4 is 17.9 Å². The van der Waals surface area contributed by atoms with Crippen LogP contribution in [0.3, 0.4) is 0 Å². The molecule has 0 spiro atoms. The molecule has 9 nitrogen and oxygen atoms in total. The van der Waals surface area contributed by atoms with Crippen LogP contribution in [0.4, 0.5) is 0 Å². The Kier molecular flexibility index (Phi) is 23.8. The van der Waals surface area contributed by atoms with Crippen molar-refractivity contribution < 1.29 is 42.8 Å². The van der Waals surface area contributed by atoms with Gasteiger partial charge >= 0.3 is 17.9 Å². The van der Waals surface area contributed by atoms with Gasteiger partial charge in [-0.3, -0.25) is 0 Å². The van der Waals surface area contributed by atoms with Crippen LogP contribution < -0.4 is 18.9 Å². The Balaban J connectivity index is 1.29. The Hall–Kier alpha value is -5.05. The molecule has 0 aliphatic carbocycles. The molecule has 1 unspecified atom stereocenters. The number of benzene rings is 3. The number of rotatable bonds is 32. The van der Waals surface area contributed by atoms with Crippen molar-refractivity contribution in [3.8, 4) is 23.0 Å². The fourth-order valence-corrected chi connectivity index (χ4v) is 6.07. The van der Waals surface area contributed by atoms with Gasteiger partial charge in [-0.15, -0.1) is 0 Å². The molecule has 9 heteroatoms. The van der Waals surface area contributed by atoms with Crippen LogP contribution in [0, 0.1) is 0 Å². The molecule has 1 atom stereocenters. The van der Waals surface area contributed by atoms with Gasteiger partial charge in [0.05, 0.1) is 18.8 Å². The summed E-state index contributed by atoms with van der Waals surface area (Å²) in [5.41, 5.74) is 1.38. The van der Waals surface area contributed by atoms with Crippen LogP contribution in [0.15, 0.2) is 98.1 Å². The van der Waals surface area contributed by atoms with Gasteiger partial charge in [-0.1, -0.05) is 122 Å². The molecule has 3 rings (SSSR count). The van der Waals surface area contributed by atoms with E-state index in [0.29, 0.717) is 49.1 Å². The van der Waals surface area contributed by atoms with Gasteiger partial charge < -0.3 is 28.4 Å². The van der Waals surface area contributed by atoms with Crippen molar-refractivity contribution in [2.45, 2.75) is 135 Å². The Labute approximate surface area is 340 Å². The monoisotopic (exact) mass is 784 g/mol. The summed E-state index contributed by atoms with van der Waals surface area (Å²) in [5, 5.41) is 0. The molecule has 0 aliphatic rings. The van der Waals surface area contributed by atoms with Crippen molar-refractivity contribution in [1.82, 2.24) is 0 Å². The second-order valence-electron chi connectivity index (χ2n) is 14.2. The fourth-order valence-electron chi connectivity index (χ4n) is 6.07. The molecule has 0 bridgehead atoms. The van der Waals surface area contributed by atoms with E-state index in [2.05, 4.69) is 20.1 Å². The Bertz CT molecular complexity index is 1560. The summed E-state index contributed by atoms with van der Waals surface area (Å²) in [6, 6.07) is 21.4. The third-order valence-corrected chi connectivity index (χ3v) is 9.40. The smallest absolute Gasteiger partial charge is 0.343 e. The highest BCUT2D eigenvalue weighted by Crippen LogP contribution is 2.23. The Morgan fingerprint density at radius 3 is 1.63 bits per heavy atom. The summed E-state index contributed by atoms with van der Waals surface area (Å²) < 4.78 is 33.8. The van der Waals surface area contributed by atoms with Crippen LogP contribution in [0.5, 0.6) is 23.0 Å². The number of ether oxygens (including phenoxy) is 6. The molecule has 0 radical (unpaired) electrons. The number of carbonyl (C=O) groups is 3. The SMILES string of the molecule is C=CC(=O)OCCCCCCCCCCCOc1ccc(C(=O)Oc2ccc(OCc3ccc(OC(CCCCCCCCCC)OC(=O)C=C)cc3)cc2)cc1. The summed E-state index contributed by atoms with van der Waals surface area (Å²) in [6.45, 7) is 10.6. The minimum atomic E-state index is -0.669. The third kappa shape index (κ3) is 21.2. The molecule has 0 aliphatic heterocycles. The van der Waals surface area contributed by atoms with E-state index in [9.17, 15) is 14.4 Å². The van der Waals surface area contributed by atoms with Crippen molar-refractivity contribution in [3.63, 3.8) is 0 Å². The number of hydrogen-bond donors (Lipinski definition) is 0. The number of carbonyl (C=O) groups excluding carboxylic acids is 3. The first-order chi connectivity index (χ1) is 27.9. The molecule has 0 aromatic heterocycles. The summed E-state index contributed by atoms with van der Waals surface area (Å²) >= 11 is 0. The van der Waals surface area contributed by atoms with Gasteiger partial charge in [0.25, 0.3) is 0 Å². The molecule has 0 amide bonds. The quantitative estimate of drug-likeness (QED) is 0.0201. The van der Waals surface area contributed by atoms with Crippen molar-refractivity contribution in [1.29, 1.82) is 0 Å². The van der Waals surface area contributed by atoms with Gasteiger partial charge in [0, 0.05) is 18.6 Å². The van der Waals surface area contributed by atoms with Crippen molar-refractivity contribution in [2.24, 2.45) is 0 Å². The second-order valence-corrected chi connectivity index (χ2v) is 14.2.